The minimum atomic E-state index is 0.866. The van der Waals surface area contributed by atoms with E-state index >= 15 is 0 Å². The van der Waals surface area contributed by atoms with Crippen LogP contribution in [0.3, 0.4) is 0 Å². The van der Waals surface area contributed by atoms with Crippen LogP contribution in [0.4, 0.5) is 5.82 Å². The Morgan fingerprint density at radius 2 is 2.16 bits per heavy atom. The average molecular weight is 324 g/mol. The van der Waals surface area contributed by atoms with Crippen LogP contribution < -0.4 is 5.32 Å². The molecule has 0 saturated carbocycles. The Hall–Kier alpha value is -0.900. The first-order valence-corrected chi connectivity index (χ1v) is 8.02. The predicted molar refractivity (Wildman–Crippen MR) is 83.4 cm³/mol. The highest BCUT2D eigenvalue weighted by Crippen LogP contribution is 2.20. The number of aromatic nitrogens is 2. The summed E-state index contributed by atoms with van der Waals surface area (Å²) in [5.41, 5.74) is 1.60. The highest BCUT2D eigenvalue weighted by atomic mass is 79.9. The van der Waals surface area contributed by atoms with Crippen LogP contribution in [-0.4, -0.2) is 16.5 Å². The summed E-state index contributed by atoms with van der Waals surface area (Å²) in [6.07, 6.45) is 10.8. The number of nitrogens with zero attached hydrogens (tertiary/aromatic N) is 2. The molecule has 1 heterocycles. The number of allylic oxidation sites excluding steroid dienone is 1. The third kappa shape index (κ3) is 4.94. The first-order chi connectivity index (χ1) is 9.28. The summed E-state index contributed by atoms with van der Waals surface area (Å²) in [5, 5.41) is 3.41. The van der Waals surface area contributed by atoms with Gasteiger partial charge in [-0.2, -0.15) is 0 Å². The Kier molecular flexibility index (Phi) is 5.83. The molecule has 0 radical (unpaired) electrons. The van der Waals surface area contributed by atoms with Crippen LogP contribution in [0, 0.1) is 0 Å². The highest BCUT2D eigenvalue weighted by Gasteiger charge is 2.05. The number of rotatable bonds is 6. The number of aryl methyl sites for hydroxylation is 1. The van der Waals surface area contributed by atoms with Crippen molar-refractivity contribution in [1.82, 2.24) is 9.97 Å². The van der Waals surface area contributed by atoms with Gasteiger partial charge in [0, 0.05) is 19.0 Å². The molecule has 4 heteroatoms. The zero-order chi connectivity index (χ0) is 13.5. The maximum atomic E-state index is 4.53. The Labute approximate surface area is 124 Å². The molecule has 104 valence electrons. The maximum Gasteiger partial charge on any atom is 0.132 e. The molecule has 0 spiro atoms. The first-order valence-electron chi connectivity index (χ1n) is 7.23. The topological polar surface area (TPSA) is 37.8 Å². The lowest BCUT2D eigenvalue weighted by molar-refractivity contribution is 0.679. The van der Waals surface area contributed by atoms with Crippen molar-refractivity contribution < 1.29 is 0 Å². The summed E-state index contributed by atoms with van der Waals surface area (Å²) in [5.74, 6) is 1.85. The summed E-state index contributed by atoms with van der Waals surface area (Å²) < 4.78 is 0.866. The predicted octanol–water partition coefficient (Wildman–Crippen LogP) is 4.49. The van der Waals surface area contributed by atoms with Crippen molar-refractivity contribution in [3.63, 3.8) is 0 Å². The number of hydrogen-bond donors (Lipinski definition) is 1. The molecule has 0 aromatic carbocycles. The standard InChI is InChI=1S/C15H22BrN3/c1-2-6-14-18-13(16)11-15(19-14)17-10-9-12-7-4-3-5-8-12/h7,11H,2-6,8-10H2,1H3,(H,17,18,19). The highest BCUT2D eigenvalue weighted by molar-refractivity contribution is 9.10. The summed E-state index contributed by atoms with van der Waals surface area (Å²) in [6.45, 7) is 3.10. The molecule has 0 fully saturated rings. The van der Waals surface area contributed by atoms with Gasteiger partial charge in [0.1, 0.15) is 16.2 Å². The Morgan fingerprint density at radius 1 is 1.26 bits per heavy atom. The molecule has 0 aliphatic heterocycles. The molecule has 1 aromatic rings. The van der Waals surface area contributed by atoms with Crippen LogP contribution in [0.1, 0.15) is 51.3 Å². The van der Waals surface area contributed by atoms with Crippen LogP contribution in [0.5, 0.6) is 0 Å². The van der Waals surface area contributed by atoms with Gasteiger partial charge >= 0.3 is 0 Å². The Morgan fingerprint density at radius 3 is 2.89 bits per heavy atom. The molecule has 0 unspecified atom stereocenters. The fourth-order valence-electron chi connectivity index (χ4n) is 2.37. The summed E-state index contributed by atoms with van der Waals surface area (Å²) >= 11 is 3.45. The van der Waals surface area contributed by atoms with E-state index in [0.29, 0.717) is 0 Å². The second-order valence-electron chi connectivity index (χ2n) is 5.03. The van der Waals surface area contributed by atoms with Gasteiger partial charge in [-0.05, 0) is 54.5 Å². The molecule has 0 bridgehead atoms. The van der Waals surface area contributed by atoms with Gasteiger partial charge in [0.25, 0.3) is 0 Å². The first kappa shape index (κ1) is 14.5. The molecule has 0 atom stereocenters. The summed E-state index contributed by atoms with van der Waals surface area (Å²) in [4.78, 5) is 8.91. The number of halogens is 1. The van der Waals surface area contributed by atoms with E-state index in [1.165, 1.54) is 25.7 Å². The molecular formula is C15H22BrN3. The number of anilines is 1. The van der Waals surface area contributed by atoms with Gasteiger partial charge in [-0.25, -0.2) is 9.97 Å². The van der Waals surface area contributed by atoms with E-state index in [2.05, 4.69) is 44.2 Å². The van der Waals surface area contributed by atoms with Crippen molar-refractivity contribution in [3.8, 4) is 0 Å². The van der Waals surface area contributed by atoms with E-state index in [-0.39, 0.29) is 0 Å². The van der Waals surface area contributed by atoms with Crippen LogP contribution >= 0.6 is 15.9 Å². The van der Waals surface area contributed by atoms with Crippen LogP contribution in [0.15, 0.2) is 22.3 Å². The third-order valence-electron chi connectivity index (χ3n) is 3.35. The number of nitrogens with one attached hydrogen (secondary N) is 1. The lowest BCUT2D eigenvalue weighted by Gasteiger charge is -2.13. The molecule has 1 aromatic heterocycles. The van der Waals surface area contributed by atoms with Gasteiger partial charge in [-0.15, -0.1) is 0 Å². The molecule has 1 aliphatic rings. The second-order valence-corrected chi connectivity index (χ2v) is 5.84. The van der Waals surface area contributed by atoms with Crippen molar-refractivity contribution in [2.75, 3.05) is 11.9 Å². The SMILES string of the molecule is CCCc1nc(Br)cc(NCCC2=CCCCC2)n1. The fraction of sp³-hybridized carbons (Fsp3) is 0.600. The van der Waals surface area contributed by atoms with Crippen LogP contribution in [0.25, 0.3) is 0 Å². The zero-order valence-electron chi connectivity index (χ0n) is 11.6. The van der Waals surface area contributed by atoms with Gasteiger partial charge in [0.2, 0.25) is 0 Å². The normalized spacial score (nSPS) is 15.2. The monoisotopic (exact) mass is 323 g/mol. The lowest BCUT2D eigenvalue weighted by Crippen LogP contribution is -2.07. The second kappa shape index (κ2) is 7.63. The zero-order valence-corrected chi connectivity index (χ0v) is 13.2. The molecule has 19 heavy (non-hydrogen) atoms. The van der Waals surface area contributed by atoms with Crippen molar-refractivity contribution in [3.05, 3.63) is 28.1 Å². The summed E-state index contributed by atoms with van der Waals surface area (Å²) in [6, 6.07) is 1.95. The minimum Gasteiger partial charge on any atom is -0.370 e. The Bertz CT molecular complexity index is 443. The number of hydrogen-bond acceptors (Lipinski definition) is 3. The van der Waals surface area contributed by atoms with E-state index in [4.69, 9.17) is 0 Å². The molecule has 2 rings (SSSR count). The third-order valence-corrected chi connectivity index (χ3v) is 3.76. The van der Waals surface area contributed by atoms with E-state index < -0.39 is 0 Å². The molecule has 0 amide bonds. The molecular weight excluding hydrogens is 302 g/mol. The minimum absolute atomic E-state index is 0.866. The molecule has 1 aliphatic carbocycles. The van der Waals surface area contributed by atoms with Gasteiger partial charge in [-0.3, -0.25) is 0 Å². The Balaban J connectivity index is 1.86. The quantitative estimate of drug-likeness (QED) is 0.619. The van der Waals surface area contributed by atoms with Crippen molar-refractivity contribution in [1.29, 1.82) is 0 Å². The molecule has 0 saturated heterocycles. The lowest BCUT2D eigenvalue weighted by atomic mass is 9.97. The maximum absolute atomic E-state index is 4.53. The van der Waals surface area contributed by atoms with E-state index in [0.717, 1.165) is 42.1 Å². The van der Waals surface area contributed by atoms with E-state index in [9.17, 15) is 0 Å². The molecule has 1 N–H and O–H groups in total. The largest absolute Gasteiger partial charge is 0.370 e. The van der Waals surface area contributed by atoms with E-state index in [1.54, 1.807) is 5.57 Å². The van der Waals surface area contributed by atoms with Gasteiger partial charge in [-0.1, -0.05) is 18.6 Å². The smallest absolute Gasteiger partial charge is 0.132 e. The average Bonchev–Trinajstić information content (AvgIpc) is 2.40. The van der Waals surface area contributed by atoms with Crippen molar-refractivity contribution in [2.45, 2.75) is 51.9 Å². The van der Waals surface area contributed by atoms with Crippen LogP contribution in [-0.2, 0) is 6.42 Å². The van der Waals surface area contributed by atoms with Gasteiger partial charge in [0.15, 0.2) is 0 Å². The fourth-order valence-corrected chi connectivity index (χ4v) is 2.80. The molecule has 3 nitrogen and oxygen atoms in total. The van der Waals surface area contributed by atoms with Gasteiger partial charge < -0.3 is 5.32 Å². The van der Waals surface area contributed by atoms with Gasteiger partial charge in [0.05, 0.1) is 0 Å². The summed E-state index contributed by atoms with van der Waals surface area (Å²) in [7, 11) is 0. The van der Waals surface area contributed by atoms with E-state index in [1.807, 2.05) is 6.07 Å². The van der Waals surface area contributed by atoms with Crippen molar-refractivity contribution >= 4 is 21.7 Å². The van der Waals surface area contributed by atoms with Crippen molar-refractivity contribution in [2.24, 2.45) is 0 Å². The van der Waals surface area contributed by atoms with Crippen LogP contribution in [0.2, 0.25) is 0 Å².